The number of hydrogen-bond acceptors (Lipinski definition) is 4. The molecule has 0 spiro atoms. The number of hydrogen-bond donors (Lipinski definition) is 1. The van der Waals surface area contributed by atoms with E-state index in [9.17, 15) is 14.7 Å². The van der Waals surface area contributed by atoms with Crippen molar-refractivity contribution in [2.45, 2.75) is 13.8 Å². The van der Waals surface area contributed by atoms with E-state index in [1.54, 1.807) is 26.0 Å². The molecule has 90 valence electrons. The first-order chi connectivity index (χ1) is 8.00. The number of morpholine rings is 1. The van der Waals surface area contributed by atoms with E-state index in [-0.39, 0.29) is 30.8 Å². The van der Waals surface area contributed by atoms with Gasteiger partial charge in [0.25, 0.3) is 11.8 Å². The fourth-order valence-electron chi connectivity index (χ4n) is 1.79. The van der Waals surface area contributed by atoms with Crippen LogP contribution in [-0.4, -0.2) is 30.1 Å². The largest absolute Gasteiger partial charge is 0.508 e. The summed E-state index contributed by atoms with van der Waals surface area (Å²) in [6.07, 6.45) is 0. The lowest BCUT2D eigenvalue weighted by Gasteiger charge is -2.26. The molecular weight excluding hydrogens is 222 g/mol. The van der Waals surface area contributed by atoms with Gasteiger partial charge in [0.05, 0.1) is 5.69 Å². The van der Waals surface area contributed by atoms with Crippen molar-refractivity contribution in [1.29, 1.82) is 0 Å². The van der Waals surface area contributed by atoms with E-state index < -0.39 is 0 Å². The van der Waals surface area contributed by atoms with Gasteiger partial charge in [0, 0.05) is 0 Å². The fourth-order valence-corrected chi connectivity index (χ4v) is 1.79. The molecule has 0 saturated carbocycles. The van der Waals surface area contributed by atoms with Gasteiger partial charge in [-0.15, -0.1) is 0 Å². The number of carbonyl (C=O) groups excluding carboxylic acids is 2. The lowest BCUT2D eigenvalue weighted by atomic mass is 10.1. The Morgan fingerprint density at radius 1 is 1.12 bits per heavy atom. The number of aromatic hydroxyl groups is 1. The summed E-state index contributed by atoms with van der Waals surface area (Å²) in [5.41, 5.74) is 1.81. The minimum Gasteiger partial charge on any atom is -0.508 e. The van der Waals surface area contributed by atoms with Crippen molar-refractivity contribution in [1.82, 2.24) is 0 Å². The fraction of sp³-hybridized carbons (Fsp3) is 0.333. The lowest BCUT2D eigenvalue weighted by molar-refractivity contribution is -0.138. The van der Waals surface area contributed by atoms with Gasteiger partial charge in [0.15, 0.2) is 0 Å². The molecule has 0 unspecified atom stereocenters. The molecule has 1 saturated heterocycles. The summed E-state index contributed by atoms with van der Waals surface area (Å²) < 4.78 is 4.85. The summed E-state index contributed by atoms with van der Waals surface area (Å²) in [4.78, 5) is 24.5. The number of carbonyl (C=O) groups is 2. The molecule has 1 aromatic carbocycles. The third kappa shape index (κ3) is 2.01. The second kappa shape index (κ2) is 4.18. The number of amides is 2. The number of benzene rings is 1. The monoisotopic (exact) mass is 235 g/mol. The normalized spacial score (nSPS) is 16.5. The summed E-state index contributed by atoms with van der Waals surface area (Å²) in [5, 5.41) is 9.54. The number of phenolic OH excluding ortho intramolecular Hbond substituents is 1. The first-order valence-corrected chi connectivity index (χ1v) is 5.24. The first kappa shape index (κ1) is 11.6. The second-order valence-electron chi connectivity index (χ2n) is 4.04. The van der Waals surface area contributed by atoms with Gasteiger partial charge < -0.3 is 9.84 Å². The van der Waals surface area contributed by atoms with Gasteiger partial charge in [-0.2, -0.15) is 0 Å². The van der Waals surface area contributed by atoms with Crippen LogP contribution >= 0.6 is 0 Å². The predicted molar refractivity (Wildman–Crippen MR) is 60.9 cm³/mol. The zero-order valence-corrected chi connectivity index (χ0v) is 9.69. The Morgan fingerprint density at radius 3 is 2.29 bits per heavy atom. The minimum absolute atomic E-state index is 0.0922. The maximum absolute atomic E-state index is 11.7. The Balaban J connectivity index is 2.48. The standard InChI is InChI=1S/C12H13NO4/c1-7-4-10(14)8(2)3-9(7)13-11(15)5-17-6-12(13)16/h3-4,14H,5-6H2,1-2H3. The maximum atomic E-state index is 11.7. The molecule has 1 N–H and O–H groups in total. The predicted octanol–water partition coefficient (Wildman–Crippen LogP) is 0.899. The topological polar surface area (TPSA) is 66.8 Å². The van der Waals surface area contributed by atoms with Crippen LogP contribution in [0.5, 0.6) is 5.75 Å². The molecule has 0 radical (unpaired) electrons. The molecular formula is C12H13NO4. The average molecular weight is 235 g/mol. The highest BCUT2D eigenvalue weighted by atomic mass is 16.5. The van der Waals surface area contributed by atoms with Crippen LogP contribution in [0.25, 0.3) is 0 Å². The molecule has 0 atom stereocenters. The van der Waals surface area contributed by atoms with Crippen molar-refractivity contribution in [3.63, 3.8) is 0 Å². The van der Waals surface area contributed by atoms with Gasteiger partial charge in [-0.05, 0) is 37.1 Å². The summed E-state index contributed by atoms with van der Waals surface area (Å²) in [5.74, 6) is -0.608. The van der Waals surface area contributed by atoms with Crippen molar-refractivity contribution in [2.24, 2.45) is 0 Å². The summed E-state index contributed by atoms with van der Waals surface area (Å²) >= 11 is 0. The van der Waals surface area contributed by atoms with E-state index in [1.807, 2.05) is 0 Å². The van der Waals surface area contributed by atoms with Crippen LogP contribution in [0.1, 0.15) is 11.1 Å². The van der Waals surface area contributed by atoms with Crippen LogP contribution in [0.4, 0.5) is 5.69 Å². The van der Waals surface area contributed by atoms with Crippen LogP contribution in [0.15, 0.2) is 12.1 Å². The smallest absolute Gasteiger partial charge is 0.259 e. The third-order valence-corrected chi connectivity index (χ3v) is 2.71. The highest BCUT2D eigenvalue weighted by molar-refractivity contribution is 6.17. The SMILES string of the molecule is Cc1cc(N2C(=O)COCC2=O)c(C)cc1O. The van der Waals surface area contributed by atoms with E-state index in [4.69, 9.17) is 4.74 Å². The van der Waals surface area contributed by atoms with Crippen LogP contribution in [0.3, 0.4) is 0 Å². The van der Waals surface area contributed by atoms with Gasteiger partial charge in [-0.1, -0.05) is 0 Å². The number of rotatable bonds is 1. The first-order valence-electron chi connectivity index (χ1n) is 5.24. The molecule has 5 heteroatoms. The summed E-state index contributed by atoms with van der Waals surface area (Å²) in [6.45, 7) is 3.27. The van der Waals surface area contributed by atoms with Crippen molar-refractivity contribution in [3.05, 3.63) is 23.3 Å². The number of ether oxygens (including phenoxy) is 1. The molecule has 0 aliphatic carbocycles. The van der Waals surface area contributed by atoms with Crippen molar-refractivity contribution >= 4 is 17.5 Å². The summed E-state index contributed by atoms with van der Waals surface area (Å²) in [6, 6.07) is 3.17. The quantitative estimate of drug-likeness (QED) is 0.734. The number of phenols is 1. The maximum Gasteiger partial charge on any atom is 0.259 e. The highest BCUT2D eigenvalue weighted by Crippen LogP contribution is 2.29. The van der Waals surface area contributed by atoms with E-state index in [2.05, 4.69) is 0 Å². The minimum atomic E-state index is -0.380. The number of nitrogens with zero attached hydrogens (tertiary/aromatic N) is 1. The molecule has 1 fully saturated rings. The number of imide groups is 1. The second-order valence-corrected chi connectivity index (χ2v) is 4.04. The molecule has 5 nitrogen and oxygen atoms in total. The molecule has 1 heterocycles. The van der Waals surface area contributed by atoms with Gasteiger partial charge >= 0.3 is 0 Å². The highest BCUT2D eigenvalue weighted by Gasteiger charge is 2.29. The Bertz CT molecular complexity index is 480. The van der Waals surface area contributed by atoms with Crippen LogP contribution in [0, 0.1) is 13.8 Å². The molecule has 0 aromatic heterocycles. The van der Waals surface area contributed by atoms with Crippen LogP contribution < -0.4 is 4.90 Å². The van der Waals surface area contributed by atoms with E-state index in [0.29, 0.717) is 16.8 Å². The van der Waals surface area contributed by atoms with Crippen LogP contribution in [0.2, 0.25) is 0 Å². The molecule has 1 aromatic rings. The summed E-state index contributed by atoms with van der Waals surface area (Å²) in [7, 11) is 0. The molecule has 0 bridgehead atoms. The average Bonchev–Trinajstić information content (AvgIpc) is 2.25. The third-order valence-electron chi connectivity index (χ3n) is 2.71. The number of aryl methyl sites for hydroxylation is 2. The molecule has 17 heavy (non-hydrogen) atoms. The van der Waals surface area contributed by atoms with Crippen LogP contribution in [-0.2, 0) is 14.3 Å². The Kier molecular flexibility index (Phi) is 2.85. The molecule has 2 amide bonds. The Labute approximate surface area is 98.6 Å². The van der Waals surface area contributed by atoms with E-state index in [0.717, 1.165) is 4.90 Å². The van der Waals surface area contributed by atoms with Crippen molar-refractivity contribution in [3.8, 4) is 5.75 Å². The number of anilines is 1. The molecule has 2 rings (SSSR count). The zero-order chi connectivity index (χ0) is 12.6. The van der Waals surface area contributed by atoms with Crippen molar-refractivity contribution in [2.75, 3.05) is 18.1 Å². The molecule has 1 aliphatic rings. The van der Waals surface area contributed by atoms with E-state index in [1.165, 1.54) is 0 Å². The zero-order valence-electron chi connectivity index (χ0n) is 9.69. The Morgan fingerprint density at radius 2 is 1.71 bits per heavy atom. The van der Waals surface area contributed by atoms with Gasteiger partial charge in [-0.3, -0.25) is 9.59 Å². The lowest BCUT2D eigenvalue weighted by Crippen LogP contribution is -2.46. The van der Waals surface area contributed by atoms with Gasteiger partial charge in [0.1, 0.15) is 19.0 Å². The van der Waals surface area contributed by atoms with Gasteiger partial charge in [0.2, 0.25) is 0 Å². The molecule has 1 aliphatic heterocycles. The van der Waals surface area contributed by atoms with E-state index >= 15 is 0 Å². The Hall–Kier alpha value is -1.88. The van der Waals surface area contributed by atoms with Crippen molar-refractivity contribution < 1.29 is 19.4 Å². The van der Waals surface area contributed by atoms with Gasteiger partial charge in [-0.25, -0.2) is 4.90 Å².